The SMILES string of the molecule is Cc1cccc(CC(=O)Nc2nnc([C@@H]3CCC[C@@H](c4nnc(NC(=O)Cc5cccc(OON)c5)s4)C3)s2)c1. The van der Waals surface area contributed by atoms with Crippen molar-refractivity contribution in [1.82, 2.24) is 20.4 Å². The average molecular weight is 580 g/mol. The summed E-state index contributed by atoms with van der Waals surface area (Å²) < 4.78 is 0. The maximum absolute atomic E-state index is 12.6. The van der Waals surface area contributed by atoms with Gasteiger partial charge in [-0.2, -0.15) is 5.90 Å². The van der Waals surface area contributed by atoms with E-state index < -0.39 is 0 Å². The molecule has 2 heterocycles. The van der Waals surface area contributed by atoms with Crippen molar-refractivity contribution in [3.63, 3.8) is 0 Å². The molecule has 0 bridgehead atoms. The van der Waals surface area contributed by atoms with Crippen molar-refractivity contribution in [2.24, 2.45) is 5.90 Å². The van der Waals surface area contributed by atoms with Gasteiger partial charge in [0.2, 0.25) is 22.1 Å². The summed E-state index contributed by atoms with van der Waals surface area (Å²) in [5.74, 6) is 5.47. The fourth-order valence-electron chi connectivity index (χ4n) is 4.82. The van der Waals surface area contributed by atoms with Gasteiger partial charge < -0.3 is 15.5 Å². The fraction of sp³-hybridized carbons (Fsp3) is 0.333. The number of nitrogens with zero attached hydrogens (tertiary/aromatic N) is 4. The van der Waals surface area contributed by atoms with Crippen LogP contribution in [-0.2, 0) is 27.4 Å². The molecule has 0 unspecified atom stereocenters. The van der Waals surface area contributed by atoms with E-state index in [2.05, 4.69) is 36.0 Å². The third-order valence-corrected chi connectivity index (χ3v) is 8.60. The zero-order valence-electron chi connectivity index (χ0n) is 21.8. The Kier molecular flexibility index (Phi) is 9.06. The monoisotopic (exact) mass is 579 g/mol. The van der Waals surface area contributed by atoms with Gasteiger partial charge >= 0.3 is 0 Å². The highest BCUT2D eigenvalue weighted by Gasteiger charge is 2.29. The predicted octanol–water partition coefficient (Wildman–Crippen LogP) is 4.69. The lowest BCUT2D eigenvalue weighted by atomic mass is 9.82. The Bertz CT molecular complexity index is 1470. The summed E-state index contributed by atoms with van der Waals surface area (Å²) >= 11 is 2.83. The zero-order chi connectivity index (χ0) is 27.9. The minimum Gasteiger partial charge on any atom is -0.320 e. The number of benzene rings is 2. The highest BCUT2D eigenvalue weighted by atomic mass is 32.1. The smallest absolute Gasteiger partial charge is 0.230 e. The van der Waals surface area contributed by atoms with E-state index in [0.29, 0.717) is 22.4 Å². The first-order valence-corrected chi connectivity index (χ1v) is 14.5. The summed E-state index contributed by atoms with van der Waals surface area (Å²) in [5, 5.41) is 25.7. The molecule has 2 aromatic carbocycles. The van der Waals surface area contributed by atoms with Crippen LogP contribution in [-0.4, -0.2) is 32.2 Å². The van der Waals surface area contributed by atoms with Crippen LogP contribution in [0.5, 0.6) is 5.75 Å². The van der Waals surface area contributed by atoms with Crippen LogP contribution < -0.4 is 21.4 Å². The lowest BCUT2D eigenvalue weighted by Crippen LogP contribution is -2.14. The van der Waals surface area contributed by atoms with Gasteiger partial charge in [-0.1, -0.05) is 76.0 Å². The van der Waals surface area contributed by atoms with Gasteiger partial charge in [-0.25, -0.2) is 0 Å². The van der Waals surface area contributed by atoms with Gasteiger partial charge in [0.1, 0.15) is 10.0 Å². The molecule has 11 nitrogen and oxygen atoms in total. The zero-order valence-corrected chi connectivity index (χ0v) is 23.5. The standard InChI is InChI=1S/C27H29N7O4S2/c1-16-5-2-6-17(11-16)13-22(35)29-26-33-31-24(39-26)19-8-4-9-20(15-19)25-32-34-27(40-25)30-23(36)14-18-7-3-10-21(12-18)37-38-28/h2-3,5-7,10-12,19-20H,4,8-9,13-15,28H2,1H3,(H,29,33,35)(H,30,34,36)/t19-,20-/m1/s1. The van der Waals surface area contributed by atoms with Crippen LogP contribution in [0.1, 0.15) is 64.2 Å². The van der Waals surface area contributed by atoms with Gasteiger partial charge in [0.15, 0.2) is 5.75 Å². The Morgan fingerprint density at radius 3 is 2.02 bits per heavy atom. The number of carbonyl (C=O) groups is 2. The molecule has 1 fully saturated rings. The molecule has 1 aliphatic carbocycles. The summed E-state index contributed by atoms with van der Waals surface area (Å²) in [7, 11) is 0. The molecule has 1 aliphatic rings. The number of hydrogen-bond acceptors (Lipinski definition) is 11. The third kappa shape index (κ3) is 7.45. The predicted molar refractivity (Wildman–Crippen MR) is 152 cm³/mol. The number of carbonyl (C=O) groups excluding carboxylic acids is 2. The molecule has 5 rings (SSSR count). The molecule has 0 saturated heterocycles. The summed E-state index contributed by atoms with van der Waals surface area (Å²) in [5.41, 5.74) is 2.83. The van der Waals surface area contributed by atoms with Crippen LogP contribution in [0.2, 0.25) is 0 Å². The molecular formula is C27H29N7O4S2. The number of amides is 2. The highest BCUT2D eigenvalue weighted by molar-refractivity contribution is 7.15. The van der Waals surface area contributed by atoms with Crippen molar-refractivity contribution in [3.8, 4) is 5.75 Å². The minimum atomic E-state index is -0.208. The number of hydrogen-bond donors (Lipinski definition) is 3. The topological polar surface area (TPSA) is 154 Å². The van der Waals surface area contributed by atoms with Gasteiger partial charge in [-0.3, -0.25) is 9.59 Å². The van der Waals surface area contributed by atoms with Gasteiger partial charge in [0, 0.05) is 11.8 Å². The van der Waals surface area contributed by atoms with Crippen LogP contribution in [0.15, 0.2) is 48.5 Å². The van der Waals surface area contributed by atoms with Gasteiger partial charge in [0.25, 0.3) is 0 Å². The lowest BCUT2D eigenvalue weighted by Gasteiger charge is -2.25. The molecular weight excluding hydrogens is 550 g/mol. The van der Waals surface area contributed by atoms with Crippen LogP contribution in [0.25, 0.3) is 0 Å². The Morgan fingerprint density at radius 1 is 0.875 bits per heavy atom. The van der Waals surface area contributed by atoms with E-state index in [4.69, 9.17) is 10.8 Å². The second kappa shape index (κ2) is 13.0. The van der Waals surface area contributed by atoms with E-state index in [-0.39, 0.29) is 30.1 Å². The molecule has 2 atom stereocenters. The van der Waals surface area contributed by atoms with Crippen molar-refractivity contribution < 1.29 is 19.5 Å². The van der Waals surface area contributed by atoms with Crippen LogP contribution in [0.3, 0.4) is 0 Å². The Hall–Kier alpha value is -3.78. The Morgan fingerprint density at radius 2 is 1.45 bits per heavy atom. The summed E-state index contributed by atoms with van der Waals surface area (Å²) in [6.45, 7) is 2.01. The van der Waals surface area contributed by atoms with E-state index in [0.717, 1.165) is 52.4 Å². The van der Waals surface area contributed by atoms with Crippen molar-refractivity contribution in [2.75, 3.05) is 10.6 Å². The van der Waals surface area contributed by atoms with Crippen molar-refractivity contribution in [1.29, 1.82) is 0 Å². The van der Waals surface area contributed by atoms with E-state index in [9.17, 15) is 9.59 Å². The van der Waals surface area contributed by atoms with Crippen molar-refractivity contribution in [3.05, 3.63) is 75.2 Å². The number of nitrogens with one attached hydrogen (secondary N) is 2. The fourth-order valence-corrected chi connectivity index (χ4v) is 6.64. The quantitative estimate of drug-likeness (QED) is 0.179. The van der Waals surface area contributed by atoms with E-state index >= 15 is 0 Å². The van der Waals surface area contributed by atoms with Crippen LogP contribution >= 0.6 is 22.7 Å². The molecule has 0 radical (unpaired) electrons. The molecule has 4 aromatic rings. The Labute approximate surface area is 239 Å². The largest absolute Gasteiger partial charge is 0.320 e. The number of nitrogens with two attached hydrogens (primary N) is 1. The molecule has 2 aromatic heterocycles. The summed E-state index contributed by atoms with van der Waals surface area (Å²) in [4.78, 5) is 34.0. The van der Waals surface area contributed by atoms with Crippen molar-refractivity contribution in [2.45, 2.75) is 57.3 Å². The first-order chi connectivity index (χ1) is 19.4. The third-order valence-electron chi connectivity index (χ3n) is 6.60. The minimum absolute atomic E-state index is 0.108. The molecule has 1 saturated carbocycles. The second-order valence-electron chi connectivity index (χ2n) is 9.72. The lowest BCUT2D eigenvalue weighted by molar-refractivity contribution is -0.211. The number of rotatable bonds is 10. The van der Waals surface area contributed by atoms with Gasteiger partial charge in [-0.15, -0.1) is 20.4 Å². The normalized spacial score (nSPS) is 16.9. The maximum Gasteiger partial charge on any atom is 0.230 e. The number of aromatic nitrogens is 4. The molecule has 208 valence electrons. The molecule has 4 N–H and O–H groups in total. The average Bonchev–Trinajstić information content (AvgIpc) is 3.59. The molecule has 2 amide bonds. The summed E-state index contributed by atoms with van der Waals surface area (Å²) in [6, 6.07) is 14.8. The Balaban J connectivity index is 1.14. The summed E-state index contributed by atoms with van der Waals surface area (Å²) in [6.07, 6.45) is 4.32. The van der Waals surface area contributed by atoms with Crippen molar-refractivity contribution >= 4 is 44.8 Å². The van der Waals surface area contributed by atoms with Gasteiger partial charge in [-0.05, 0) is 49.4 Å². The first-order valence-electron chi connectivity index (χ1n) is 12.9. The van der Waals surface area contributed by atoms with E-state index in [1.807, 2.05) is 37.3 Å². The maximum atomic E-state index is 12.6. The molecule has 40 heavy (non-hydrogen) atoms. The highest BCUT2D eigenvalue weighted by Crippen LogP contribution is 2.43. The number of aryl methyl sites for hydroxylation is 1. The number of anilines is 2. The van der Waals surface area contributed by atoms with E-state index in [1.165, 1.54) is 22.7 Å². The molecule has 0 spiro atoms. The van der Waals surface area contributed by atoms with E-state index in [1.54, 1.807) is 18.2 Å². The van der Waals surface area contributed by atoms with Gasteiger partial charge in [0.05, 0.1) is 12.8 Å². The second-order valence-corrected chi connectivity index (χ2v) is 11.7. The van der Waals surface area contributed by atoms with Crippen LogP contribution in [0, 0.1) is 6.92 Å². The van der Waals surface area contributed by atoms with Crippen LogP contribution in [0.4, 0.5) is 10.3 Å². The first kappa shape index (κ1) is 27.8. The molecule has 13 heteroatoms. The molecule has 0 aliphatic heterocycles.